The highest BCUT2D eigenvalue weighted by atomic mass is 16.6. The predicted octanol–water partition coefficient (Wildman–Crippen LogP) is 3.57. The van der Waals surface area contributed by atoms with Gasteiger partial charge in [-0.15, -0.1) is 0 Å². The van der Waals surface area contributed by atoms with Crippen molar-refractivity contribution in [3.05, 3.63) is 35.4 Å². The zero-order chi connectivity index (χ0) is 17.9. The topological polar surface area (TPSA) is 58.6 Å². The number of hydrogen-bond acceptors (Lipinski definition) is 3. The van der Waals surface area contributed by atoms with Crippen molar-refractivity contribution in [1.82, 2.24) is 10.2 Å². The average molecular weight is 332 g/mol. The molecule has 0 spiro atoms. The van der Waals surface area contributed by atoms with Gasteiger partial charge in [0, 0.05) is 6.54 Å². The molecular formula is C19H28N2O3. The van der Waals surface area contributed by atoms with Crippen molar-refractivity contribution in [1.29, 1.82) is 0 Å². The average Bonchev–Trinajstić information content (AvgIpc) is 2.93. The molecule has 1 aromatic rings. The Balaban J connectivity index is 2.05. The number of benzene rings is 1. The zero-order valence-electron chi connectivity index (χ0n) is 15.3. The van der Waals surface area contributed by atoms with Crippen LogP contribution < -0.4 is 5.32 Å². The van der Waals surface area contributed by atoms with Gasteiger partial charge in [-0.25, -0.2) is 4.79 Å². The summed E-state index contributed by atoms with van der Waals surface area (Å²) in [6.45, 7) is 9.89. The Morgan fingerprint density at radius 1 is 1.29 bits per heavy atom. The van der Waals surface area contributed by atoms with Crippen LogP contribution in [0.25, 0.3) is 0 Å². The Bertz CT molecular complexity index is 607. The van der Waals surface area contributed by atoms with Crippen molar-refractivity contribution in [2.75, 3.05) is 6.54 Å². The van der Waals surface area contributed by atoms with Gasteiger partial charge in [0.05, 0.1) is 6.04 Å². The first-order valence-electron chi connectivity index (χ1n) is 8.54. The van der Waals surface area contributed by atoms with Crippen molar-refractivity contribution >= 4 is 12.0 Å². The Hall–Kier alpha value is -2.04. The zero-order valence-corrected chi connectivity index (χ0v) is 15.3. The molecule has 132 valence electrons. The lowest BCUT2D eigenvalue weighted by molar-refractivity contribution is -0.134. The highest BCUT2D eigenvalue weighted by molar-refractivity contribution is 5.86. The number of rotatable bonds is 3. The summed E-state index contributed by atoms with van der Waals surface area (Å²) in [6, 6.07) is 7.64. The van der Waals surface area contributed by atoms with E-state index in [1.54, 1.807) is 27.7 Å². The van der Waals surface area contributed by atoms with Crippen LogP contribution in [0.3, 0.4) is 0 Å². The lowest BCUT2D eigenvalue weighted by Gasteiger charge is -2.29. The molecule has 5 heteroatoms. The first-order chi connectivity index (χ1) is 11.2. The number of amides is 2. The summed E-state index contributed by atoms with van der Waals surface area (Å²) in [5.41, 5.74) is 1.80. The smallest absolute Gasteiger partial charge is 0.408 e. The fourth-order valence-electron chi connectivity index (χ4n) is 3.11. The molecule has 2 atom stereocenters. The highest BCUT2D eigenvalue weighted by Gasteiger charge is 2.34. The second-order valence-corrected chi connectivity index (χ2v) is 7.41. The van der Waals surface area contributed by atoms with Gasteiger partial charge in [0.25, 0.3) is 0 Å². The number of nitrogens with one attached hydrogen (secondary N) is 1. The third-order valence-corrected chi connectivity index (χ3v) is 4.19. The van der Waals surface area contributed by atoms with E-state index >= 15 is 0 Å². The molecule has 1 fully saturated rings. The molecule has 0 bridgehead atoms. The first kappa shape index (κ1) is 18.3. The molecule has 1 heterocycles. The van der Waals surface area contributed by atoms with Gasteiger partial charge in [0.1, 0.15) is 11.6 Å². The molecule has 0 aliphatic carbocycles. The molecule has 2 rings (SSSR count). The SMILES string of the molecule is Cc1ccccc1[C@H]1CCCN1C(=O)[C@H](C)NC(=O)OC(C)(C)C. The molecule has 1 N–H and O–H groups in total. The molecule has 0 unspecified atom stereocenters. The van der Waals surface area contributed by atoms with Crippen LogP contribution in [-0.2, 0) is 9.53 Å². The molecule has 0 saturated carbocycles. The summed E-state index contributed by atoms with van der Waals surface area (Å²) in [4.78, 5) is 26.6. The number of carbonyl (C=O) groups is 2. The van der Waals surface area contributed by atoms with Crippen LogP contribution >= 0.6 is 0 Å². The first-order valence-corrected chi connectivity index (χ1v) is 8.54. The minimum absolute atomic E-state index is 0.0633. The number of aryl methyl sites for hydroxylation is 1. The minimum Gasteiger partial charge on any atom is -0.444 e. The maximum Gasteiger partial charge on any atom is 0.408 e. The summed E-state index contributed by atoms with van der Waals surface area (Å²) in [5, 5.41) is 2.65. The second-order valence-electron chi connectivity index (χ2n) is 7.41. The largest absolute Gasteiger partial charge is 0.444 e. The van der Waals surface area contributed by atoms with Gasteiger partial charge in [0.2, 0.25) is 5.91 Å². The standard InChI is InChI=1S/C19H28N2O3/c1-13-9-6-7-10-15(13)16-11-8-12-21(16)17(22)14(2)20-18(23)24-19(3,4)5/h6-7,9-10,14,16H,8,11-12H2,1-5H3,(H,20,23)/t14-,16+/m0/s1. The predicted molar refractivity (Wildman–Crippen MR) is 93.7 cm³/mol. The number of alkyl carbamates (subject to hydrolysis) is 1. The summed E-state index contributed by atoms with van der Waals surface area (Å²) in [5.74, 6) is -0.0633. The fraction of sp³-hybridized carbons (Fsp3) is 0.579. The van der Waals surface area contributed by atoms with Crippen LogP contribution in [0.4, 0.5) is 4.79 Å². The molecule has 1 aliphatic rings. The third kappa shape index (κ3) is 4.49. The van der Waals surface area contributed by atoms with Crippen LogP contribution in [-0.4, -0.2) is 35.1 Å². The maximum absolute atomic E-state index is 12.8. The summed E-state index contributed by atoms with van der Waals surface area (Å²) in [6.07, 6.45) is 1.37. The summed E-state index contributed by atoms with van der Waals surface area (Å²) in [7, 11) is 0. The molecule has 5 nitrogen and oxygen atoms in total. The van der Waals surface area contributed by atoms with Gasteiger partial charge in [-0.3, -0.25) is 4.79 Å². The molecule has 2 amide bonds. The molecule has 0 radical (unpaired) electrons. The molecule has 1 aromatic carbocycles. The molecule has 1 aliphatic heterocycles. The Morgan fingerprint density at radius 3 is 2.58 bits per heavy atom. The number of likely N-dealkylation sites (tertiary alicyclic amines) is 1. The minimum atomic E-state index is -0.607. The van der Waals surface area contributed by atoms with Gasteiger partial charge in [0.15, 0.2) is 0 Å². The van der Waals surface area contributed by atoms with E-state index < -0.39 is 17.7 Å². The normalized spacial score (nSPS) is 19.0. The Morgan fingerprint density at radius 2 is 1.96 bits per heavy atom. The van der Waals surface area contributed by atoms with E-state index in [1.165, 1.54) is 11.1 Å². The quantitative estimate of drug-likeness (QED) is 0.920. The van der Waals surface area contributed by atoms with E-state index in [1.807, 2.05) is 17.0 Å². The summed E-state index contributed by atoms with van der Waals surface area (Å²) >= 11 is 0. The van der Waals surface area contributed by atoms with Crippen LogP contribution in [0.2, 0.25) is 0 Å². The molecular weight excluding hydrogens is 304 g/mol. The van der Waals surface area contributed by atoms with E-state index in [0.29, 0.717) is 0 Å². The van der Waals surface area contributed by atoms with Crippen LogP contribution in [0.5, 0.6) is 0 Å². The highest BCUT2D eigenvalue weighted by Crippen LogP contribution is 2.34. The maximum atomic E-state index is 12.8. The molecule has 24 heavy (non-hydrogen) atoms. The monoisotopic (exact) mass is 332 g/mol. The van der Waals surface area contributed by atoms with Gasteiger partial charge >= 0.3 is 6.09 Å². The van der Waals surface area contributed by atoms with E-state index in [2.05, 4.69) is 24.4 Å². The number of nitrogens with zero attached hydrogens (tertiary/aromatic N) is 1. The summed E-state index contributed by atoms with van der Waals surface area (Å²) < 4.78 is 5.23. The van der Waals surface area contributed by atoms with Crippen LogP contribution in [0.15, 0.2) is 24.3 Å². The fourth-order valence-corrected chi connectivity index (χ4v) is 3.11. The van der Waals surface area contributed by atoms with Crippen molar-refractivity contribution in [3.63, 3.8) is 0 Å². The number of carbonyl (C=O) groups excluding carboxylic acids is 2. The lowest BCUT2D eigenvalue weighted by Crippen LogP contribution is -2.48. The van der Waals surface area contributed by atoms with Gasteiger partial charge < -0.3 is 15.0 Å². The van der Waals surface area contributed by atoms with Gasteiger partial charge in [-0.05, 0) is 58.6 Å². The third-order valence-electron chi connectivity index (χ3n) is 4.19. The number of hydrogen-bond donors (Lipinski definition) is 1. The van der Waals surface area contributed by atoms with Crippen molar-refractivity contribution < 1.29 is 14.3 Å². The van der Waals surface area contributed by atoms with E-state index in [9.17, 15) is 9.59 Å². The lowest BCUT2D eigenvalue weighted by atomic mass is 9.99. The van der Waals surface area contributed by atoms with Crippen molar-refractivity contribution in [2.45, 2.75) is 65.1 Å². The van der Waals surface area contributed by atoms with E-state index in [0.717, 1.165) is 19.4 Å². The van der Waals surface area contributed by atoms with Gasteiger partial charge in [-0.1, -0.05) is 24.3 Å². The van der Waals surface area contributed by atoms with Crippen LogP contribution in [0.1, 0.15) is 57.7 Å². The second kappa shape index (κ2) is 7.24. The van der Waals surface area contributed by atoms with E-state index in [4.69, 9.17) is 4.74 Å². The van der Waals surface area contributed by atoms with Crippen LogP contribution in [0, 0.1) is 6.92 Å². The van der Waals surface area contributed by atoms with Crippen molar-refractivity contribution in [3.8, 4) is 0 Å². The molecule has 0 aromatic heterocycles. The van der Waals surface area contributed by atoms with Gasteiger partial charge in [-0.2, -0.15) is 0 Å². The molecule has 1 saturated heterocycles. The van der Waals surface area contributed by atoms with E-state index in [-0.39, 0.29) is 11.9 Å². The Labute approximate surface area is 144 Å². The Kier molecular flexibility index (Phi) is 5.52. The number of ether oxygens (including phenoxy) is 1. The van der Waals surface area contributed by atoms with Crippen molar-refractivity contribution in [2.24, 2.45) is 0 Å².